The molecule has 0 aliphatic rings. The lowest BCUT2D eigenvalue weighted by Gasteiger charge is -2.16. The van der Waals surface area contributed by atoms with Gasteiger partial charge in [-0.05, 0) is 35.9 Å². The molecule has 0 radical (unpaired) electrons. The van der Waals surface area contributed by atoms with Crippen molar-refractivity contribution in [2.24, 2.45) is 5.73 Å². The van der Waals surface area contributed by atoms with Crippen LogP contribution in [0.15, 0.2) is 59.9 Å². The summed E-state index contributed by atoms with van der Waals surface area (Å²) in [4.78, 5) is 46.5. The minimum atomic E-state index is -4.80. The molecule has 0 atom stereocenters. The second kappa shape index (κ2) is 9.15. The molecule has 0 saturated heterocycles. The third-order valence-electron chi connectivity index (χ3n) is 5.91. The van der Waals surface area contributed by atoms with Crippen molar-refractivity contribution in [2.75, 3.05) is 0 Å². The fourth-order valence-electron chi connectivity index (χ4n) is 4.19. The molecule has 11 nitrogen and oxygen atoms in total. The highest BCUT2D eigenvalue weighted by atomic mass is 19.4. The van der Waals surface area contributed by atoms with Gasteiger partial charge >= 0.3 is 12.1 Å². The molecular formula is C24H18F3N7O4. The highest BCUT2D eigenvalue weighted by Crippen LogP contribution is 2.36. The molecule has 1 aromatic carbocycles. The average molecular weight is 525 g/mol. The third kappa shape index (κ3) is 4.26. The zero-order valence-electron chi connectivity index (χ0n) is 19.3. The number of nitrogens with zero attached hydrogens (tertiary/aromatic N) is 4. The number of benzene rings is 1. The second-order valence-corrected chi connectivity index (χ2v) is 8.26. The molecule has 5 N–H and O–H groups in total. The zero-order chi connectivity index (χ0) is 27.2. The predicted molar refractivity (Wildman–Crippen MR) is 128 cm³/mol. The van der Waals surface area contributed by atoms with Gasteiger partial charge < -0.3 is 25.7 Å². The van der Waals surface area contributed by atoms with Gasteiger partial charge in [-0.25, -0.2) is 9.78 Å². The van der Waals surface area contributed by atoms with E-state index in [1.54, 1.807) is 6.07 Å². The Labute approximate surface area is 210 Å². The number of aromatic carboxylic acids is 1. The van der Waals surface area contributed by atoms with Gasteiger partial charge in [-0.15, -0.1) is 0 Å². The smallest absolute Gasteiger partial charge is 0.418 e. The topological polar surface area (TPSA) is 160 Å². The summed E-state index contributed by atoms with van der Waals surface area (Å²) >= 11 is 0. The molecule has 4 heterocycles. The Kier molecular flexibility index (Phi) is 5.95. The van der Waals surface area contributed by atoms with Crippen LogP contribution in [-0.2, 0) is 19.3 Å². The molecule has 0 unspecified atom stereocenters. The van der Waals surface area contributed by atoms with E-state index in [0.29, 0.717) is 11.1 Å². The van der Waals surface area contributed by atoms with Crippen LogP contribution in [0.3, 0.4) is 0 Å². The van der Waals surface area contributed by atoms with Gasteiger partial charge in [0.25, 0.3) is 11.5 Å². The minimum Gasteiger partial charge on any atom is -0.476 e. The molecule has 14 heteroatoms. The fraction of sp³-hybridized carbons (Fsp3) is 0.125. The van der Waals surface area contributed by atoms with Gasteiger partial charge in [0.1, 0.15) is 0 Å². The predicted octanol–water partition coefficient (Wildman–Crippen LogP) is 2.47. The van der Waals surface area contributed by atoms with Crippen molar-refractivity contribution in [1.82, 2.24) is 29.2 Å². The Morgan fingerprint density at radius 1 is 1.16 bits per heavy atom. The lowest BCUT2D eigenvalue weighted by Crippen LogP contribution is -2.22. The summed E-state index contributed by atoms with van der Waals surface area (Å²) < 4.78 is 44.7. The summed E-state index contributed by atoms with van der Waals surface area (Å²) in [6.45, 7) is -0.288. The van der Waals surface area contributed by atoms with Gasteiger partial charge in [-0.1, -0.05) is 0 Å². The number of nitrogens with one attached hydrogen (secondary N) is 2. The van der Waals surface area contributed by atoms with E-state index in [2.05, 4.69) is 20.3 Å². The Balaban J connectivity index is 1.63. The maximum atomic E-state index is 14.1. The number of hydrogen-bond donors (Lipinski definition) is 4. The summed E-state index contributed by atoms with van der Waals surface area (Å²) in [5.74, 6) is -1.81. The van der Waals surface area contributed by atoms with E-state index in [9.17, 15) is 32.7 Å². The molecule has 0 aliphatic heterocycles. The number of nitrogens with two attached hydrogens (primary N) is 1. The van der Waals surface area contributed by atoms with E-state index in [1.165, 1.54) is 47.6 Å². The number of carboxylic acid groups (broad SMARTS) is 1. The lowest BCUT2D eigenvalue weighted by atomic mass is 10.1. The number of alkyl halides is 3. The summed E-state index contributed by atoms with van der Waals surface area (Å²) in [5, 5.41) is 12.2. The van der Waals surface area contributed by atoms with Crippen molar-refractivity contribution in [2.45, 2.75) is 19.3 Å². The monoisotopic (exact) mass is 525 g/mol. The van der Waals surface area contributed by atoms with Gasteiger partial charge in [-0.3, -0.25) is 19.0 Å². The summed E-state index contributed by atoms with van der Waals surface area (Å²) in [7, 11) is 0. The van der Waals surface area contributed by atoms with Crippen molar-refractivity contribution in [3.8, 4) is 5.69 Å². The van der Waals surface area contributed by atoms with Crippen molar-refractivity contribution >= 4 is 28.6 Å². The molecule has 0 spiro atoms. The maximum absolute atomic E-state index is 14.1. The molecule has 1 amide bonds. The van der Waals surface area contributed by atoms with Crippen LogP contribution in [0.1, 0.15) is 37.7 Å². The number of aromatic amines is 1. The van der Waals surface area contributed by atoms with Gasteiger partial charge in [0, 0.05) is 43.4 Å². The molecular weight excluding hydrogens is 507 g/mol. The normalized spacial score (nSPS) is 11.8. The van der Waals surface area contributed by atoms with E-state index in [0.717, 1.165) is 10.5 Å². The van der Waals surface area contributed by atoms with Crippen LogP contribution < -0.4 is 16.6 Å². The minimum absolute atomic E-state index is 0.0404. The highest BCUT2D eigenvalue weighted by Gasteiger charge is 2.35. The van der Waals surface area contributed by atoms with E-state index in [4.69, 9.17) is 5.73 Å². The number of pyridine rings is 1. The molecule has 38 heavy (non-hydrogen) atoms. The van der Waals surface area contributed by atoms with E-state index in [-0.39, 0.29) is 47.1 Å². The average Bonchev–Trinajstić information content (AvgIpc) is 3.52. The standard InChI is InChI=1S/C24H18F3N7O4/c25-24(26,27)14-7-15-17(34-18(9-28)19(23(37)38)32-20(34)22(36)31-15)8-16(14)33-6-3-12(11-33)10-30-21(35)13-1-4-29-5-2-13/h1-8,11H,9-10,28H2,(H,30,35)(H,31,36)(H,37,38). The number of carbonyl (C=O) groups excluding carboxylic acids is 1. The summed E-state index contributed by atoms with van der Waals surface area (Å²) in [6.07, 6.45) is 0.945. The Bertz CT molecular complexity index is 1770. The van der Waals surface area contributed by atoms with E-state index in [1.807, 2.05) is 0 Å². The number of hydrogen-bond acceptors (Lipinski definition) is 6. The van der Waals surface area contributed by atoms with Crippen LogP contribution in [0, 0.1) is 0 Å². The molecule has 0 saturated carbocycles. The largest absolute Gasteiger partial charge is 0.476 e. The number of carbonyl (C=O) groups is 2. The number of carboxylic acids is 1. The Hall–Kier alpha value is -4.98. The Morgan fingerprint density at radius 2 is 1.89 bits per heavy atom. The van der Waals surface area contributed by atoms with Crippen molar-refractivity contribution in [3.63, 3.8) is 0 Å². The fourth-order valence-corrected chi connectivity index (χ4v) is 4.19. The lowest BCUT2D eigenvalue weighted by molar-refractivity contribution is -0.137. The first-order valence-corrected chi connectivity index (χ1v) is 11.1. The molecule has 0 bridgehead atoms. The number of aromatic nitrogens is 5. The molecule has 5 aromatic rings. The quantitative estimate of drug-likeness (QED) is 0.265. The maximum Gasteiger partial charge on any atom is 0.418 e. The van der Waals surface area contributed by atoms with Gasteiger partial charge in [-0.2, -0.15) is 13.2 Å². The zero-order valence-corrected chi connectivity index (χ0v) is 19.3. The van der Waals surface area contributed by atoms with Gasteiger partial charge in [0.2, 0.25) is 5.65 Å². The SMILES string of the molecule is NCc1c(C(=O)O)nc2c(=O)[nH]c3cc(C(F)(F)F)c(-n4ccc(CNC(=O)c5ccncc5)c4)cc3n12. The number of fused-ring (bicyclic) bond motifs is 3. The van der Waals surface area contributed by atoms with Crippen molar-refractivity contribution in [1.29, 1.82) is 0 Å². The van der Waals surface area contributed by atoms with Crippen LogP contribution in [0.25, 0.3) is 22.4 Å². The van der Waals surface area contributed by atoms with E-state index >= 15 is 0 Å². The van der Waals surface area contributed by atoms with Crippen LogP contribution >= 0.6 is 0 Å². The molecule has 194 valence electrons. The van der Waals surface area contributed by atoms with Crippen LogP contribution in [0.4, 0.5) is 13.2 Å². The van der Waals surface area contributed by atoms with E-state index < -0.39 is 29.0 Å². The van der Waals surface area contributed by atoms with Crippen molar-refractivity contribution < 1.29 is 27.9 Å². The number of imidazole rings is 1. The molecule has 0 aliphatic carbocycles. The molecule has 0 fully saturated rings. The second-order valence-electron chi connectivity index (χ2n) is 8.26. The molecule has 4 aromatic heterocycles. The summed E-state index contributed by atoms with van der Waals surface area (Å²) in [6, 6.07) is 6.55. The number of rotatable bonds is 6. The number of halogens is 3. The summed E-state index contributed by atoms with van der Waals surface area (Å²) in [5.41, 5.74) is 3.49. The number of amides is 1. The molecule has 5 rings (SSSR count). The Morgan fingerprint density at radius 3 is 2.55 bits per heavy atom. The van der Waals surface area contributed by atoms with Gasteiger partial charge in [0.15, 0.2) is 5.69 Å². The van der Waals surface area contributed by atoms with Gasteiger partial charge in [0.05, 0.1) is 28.0 Å². The highest BCUT2D eigenvalue weighted by molar-refractivity contribution is 5.94. The number of H-pyrrole nitrogens is 1. The van der Waals surface area contributed by atoms with Crippen LogP contribution in [-0.4, -0.2) is 40.9 Å². The first-order chi connectivity index (χ1) is 18.1. The van der Waals surface area contributed by atoms with Crippen LogP contribution in [0.2, 0.25) is 0 Å². The first kappa shape index (κ1) is 24.7. The first-order valence-electron chi connectivity index (χ1n) is 11.1. The third-order valence-corrected chi connectivity index (χ3v) is 5.91. The van der Waals surface area contributed by atoms with Crippen LogP contribution in [0.5, 0.6) is 0 Å². The van der Waals surface area contributed by atoms with Crippen molar-refractivity contribution in [3.05, 3.63) is 93.6 Å².